The number of nitrogens with zero attached hydrogens (tertiary/aromatic N) is 1. The van der Waals surface area contributed by atoms with Crippen molar-refractivity contribution in [1.29, 1.82) is 0 Å². The van der Waals surface area contributed by atoms with Gasteiger partial charge in [-0.05, 0) is 43.0 Å². The number of nitrogens with one attached hydrogen (secondary N) is 1. The number of hydrogen-bond donors (Lipinski definition) is 1. The lowest BCUT2D eigenvalue weighted by molar-refractivity contribution is -0.384. The summed E-state index contributed by atoms with van der Waals surface area (Å²) in [4.78, 5) is 36.8. The number of benzene rings is 2. The Balaban J connectivity index is 1.66. The van der Waals surface area contributed by atoms with Crippen LogP contribution in [0.3, 0.4) is 0 Å². The van der Waals surface area contributed by atoms with Gasteiger partial charge in [0.1, 0.15) is 12.4 Å². The van der Waals surface area contributed by atoms with E-state index in [2.05, 4.69) is 5.32 Å². The third-order valence-electron chi connectivity index (χ3n) is 5.96. The van der Waals surface area contributed by atoms with Crippen LogP contribution >= 0.6 is 0 Å². The van der Waals surface area contributed by atoms with E-state index in [9.17, 15) is 19.7 Å². The van der Waals surface area contributed by atoms with Crippen LogP contribution in [0, 0.1) is 10.1 Å². The van der Waals surface area contributed by atoms with E-state index in [1.54, 1.807) is 38.3 Å². The Hall–Kier alpha value is -3.94. The van der Waals surface area contributed by atoms with Gasteiger partial charge in [0.2, 0.25) is 0 Å². The van der Waals surface area contributed by atoms with Gasteiger partial charge >= 0.3 is 5.97 Å². The van der Waals surface area contributed by atoms with E-state index in [1.165, 1.54) is 12.1 Å². The number of non-ortho nitro benzene ring substituents is 1. The lowest BCUT2D eigenvalue weighted by atomic mass is 9.75. The highest BCUT2D eigenvalue weighted by atomic mass is 16.6. The van der Waals surface area contributed by atoms with Gasteiger partial charge in [-0.2, -0.15) is 0 Å². The predicted octanol–water partition coefficient (Wildman–Crippen LogP) is 4.31. The number of rotatable bonds is 6. The molecule has 0 saturated carbocycles. The molecule has 0 spiro atoms. The Bertz CT molecular complexity index is 1160. The highest BCUT2D eigenvalue weighted by Gasteiger charge is 2.39. The minimum Gasteiger partial charge on any atom is -0.497 e. The molecule has 1 aliphatic heterocycles. The van der Waals surface area contributed by atoms with Crippen LogP contribution in [0.15, 0.2) is 71.1 Å². The van der Waals surface area contributed by atoms with E-state index in [0.717, 1.165) is 17.7 Å². The van der Waals surface area contributed by atoms with Crippen LogP contribution in [0.4, 0.5) is 5.69 Å². The van der Waals surface area contributed by atoms with Gasteiger partial charge in [-0.3, -0.25) is 14.9 Å². The fourth-order valence-electron chi connectivity index (χ4n) is 4.32. The second kappa shape index (κ2) is 9.28. The molecular weight excluding hydrogens is 424 g/mol. The summed E-state index contributed by atoms with van der Waals surface area (Å²) in [6, 6.07) is 13.2. The Kier molecular flexibility index (Phi) is 6.26. The van der Waals surface area contributed by atoms with Crippen molar-refractivity contribution in [3.8, 4) is 5.75 Å². The Morgan fingerprint density at radius 1 is 1.12 bits per heavy atom. The third-order valence-corrected chi connectivity index (χ3v) is 5.96. The fourth-order valence-corrected chi connectivity index (χ4v) is 4.32. The van der Waals surface area contributed by atoms with E-state index in [1.807, 2.05) is 12.1 Å². The van der Waals surface area contributed by atoms with Gasteiger partial charge in [0.05, 0.1) is 17.6 Å². The molecule has 1 atom stereocenters. The molecule has 0 aromatic heterocycles. The zero-order valence-corrected chi connectivity index (χ0v) is 18.4. The van der Waals surface area contributed by atoms with Crippen molar-refractivity contribution in [1.82, 2.24) is 5.32 Å². The van der Waals surface area contributed by atoms with Crippen molar-refractivity contribution in [2.45, 2.75) is 38.7 Å². The number of nitro benzene ring substituents is 1. The van der Waals surface area contributed by atoms with E-state index in [4.69, 9.17) is 9.47 Å². The molecule has 170 valence electrons. The SMILES string of the molecule is COc1ccc(COC(=O)C2=C(C)NC3=C(C(=O)CCC3)[C@H]2c2ccc([N+](=O)[O-])cc2)cc1. The molecule has 0 radical (unpaired) electrons. The van der Waals surface area contributed by atoms with Gasteiger partial charge in [0.15, 0.2) is 5.78 Å². The quantitative estimate of drug-likeness (QED) is 0.398. The number of carbonyl (C=O) groups is 2. The zero-order chi connectivity index (χ0) is 23.5. The van der Waals surface area contributed by atoms with Crippen molar-refractivity contribution >= 4 is 17.4 Å². The largest absolute Gasteiger partial charge is 0.497 e. The number of carbonyl (C=O) groups excluding carboxylic acids is 2. The van der Waals surface area contributed by atoms with Gasteiger partial charge in [0, 0.05) is 41.4 Å². The summed E-state index contributed by atoms with van der Waals surface area (Å²) < 4.78 is 10.8. The smallest absolute Gasteiger partial charge is 0.337 e. The van der Waals surface area contributed by atoms with Crippen LogP contribution in [-0.2, 0) is 20.9 Å². The van der Waals surface area contributed by atoms with Crippen LogP contribution < -0.4 is 10.1 Å². The number of methoxy groups -OCH3 is 1. The number of nitro groups is 1. The Morgan fingerprint density at radius 2 is 1.82 bits per heavy atom. The van der Waals surface area contributed by atoms with Crippen molar-refractivity contribution in [3.63, 3.8) is 0 Å². The molecule has 33 heavy (non-hydrogen) atoms. The minimum atomic E-state index is -0.641. The summed E-state index contributed by atoms with van der Waals surface area (Å²) in [5.41, 5.74) is 3.68. The molecule has 0 saturated heterocycles. The normalized spacial score (nSPS) is 17.9. The first-order chi connectivity index (χ1) is 15.9. The molecule has 0 fully saturated rings. The molecule has 4 rings (SSSR count). The van der Waals surface area contributed by atoms with Gasteiger partial charge in [0.25, 0.3) is 5.69 Å². The maximum atomic E-state index is 13.3. The monoisotopic (exact) mass is 448 g/mol. The summed E-state index contributed by atoms with van der Waals surface area (Å²) in [5, 5.41) is 14.3. The molecule has 0 bridgehead atoms. The van der Waals surface area contributed by atoms with Gasteiger partial charge in [-0.15, -0.1) is 0 Å². The number of Topliss-reactive ketones (excluding diaryl/α,β-unsaturated/α-hetero) is 1. The van der Waals surface area contributed by atoms with Gasteiger partial charge in [-0.25, -0.2) is 4.79 Å². The minimum absolute atomic E-state index is 0.0277. The van der Waals surface area contributed by atoms with Crippen LogP contribution in [0.2, 0.25) is 0 Å². The third kappa shape index (κ3) is 4.50. The van der Waals surface area contributed by atoms with Crippen LogP contribution in [-0.4, -0.2) is 23.8 Å². The second-order valence-electron chi connectivity index (χ2n) is 8.04. The summed E-state index contributed by atoms with van der Waals surface area (Å²) >= 11 is 0. The molecule has 2 aromatic rings. The first-order valence-corrected chi connectivity index (χ1v) is 10.7. The predicted molar refractivity (Wildman–Crippen MR) is 120 cm³/mol. The van der Waals surface area contributed by atoms with Crippen molar-refractivity contribution in [2.75, 3.05) is 7.11 Å². The van der Waals surface area contributed by atoms with Crippen LogP contribution in [0.25, 0.3) is 0 Å². The van der Waals surface area contributed by atoms with E-state index in [-0.39, 0.29) is 18.1 Å². The number of allylic oxidation sites excluding steroid dienone is 3. The van der Waals surface area contributed by atoms with E-state index in [0.29, 0.717) is 41.0 Å². The molecule has 2 aliphatic rings. The van der Waals surface area contributed by atoms with Crippen molar-refractivity contribution < 1.29 is 24.0 Å². The first kappa shape index (κ1) is 22.3. The molecule has 0 unspecified atom stereocenters. The highest BCUT2D eigenvalue weighted by Crippen LogP contribution is 2.42. The summed E-state index contributed by atoms with van der Waals surface area (Å²) in [5.74, 6) is -0.504. The maximum absolute atomic E-state index is 13.3. The Morgan fingerprint density at radius 3 is 2.45 bits per heavy atom. The lowest BCUT2D eigenvalue weighted by Gasteiger charge is -2.34. The molecule has 8 heteroatoms. The van der Waals surface area contributed by atoms with Gasteiger partial charge < -0.3 is 14.8 Å². The van der Waals surface area contributed by atoms with E-state index >= 15 is 0 Å². The molecule has 8 nitrogen and oxygen atoms in total. The topological polar surface area (TPSA) is 108 Å². The summed E-state index contributed by atoms with van der Waals surface area (Å²) in [7, 11) is 1.58. The summed E-state index contributed by atoms with van der Waals surface area (Å²) in [6.45, 7) is 1.84. The van der Waals surface area contributed by atoms with Crippen molar-refractivity contribution in [2.24, 2.45) is 0 Å². The fraction of sp³-hybridized carbons (Fsp3) is 0.280. The van der Waals surface area contributed by atoms with E-state index < -0.39 is 16.8 Å². The molecular formula is C25H24N2O6. The number of esters is 1. The average molecular weight is 448 g/mol. The van der Waals surface area contributed by atoms with Gasteiger partial charge in [-0.1, -0.05) is 24.3 Å². The molecule has 0 amide bonds. The number of ether oxygens (including phenoxy) is 2. The number of ketones is 1. The highest BCUT2D eigenvalue weighted by molar-refractivity contribution is 6.03. The number of dihydropyridines is 1. The van der Waals surface area contributed by atoms with Crippen LogP contribution in [0.5, 0.6) is 5.75 Å². The summed E-state index contributed by atoms with van der Waals surface area (Å²) in [6.07, 6.45) is 1.84. The van der Waals surface area contributed by atoms with Crippen LogP contribution in [0.1, 0.15) is 43.2 Å². The molecule has 1 N–H and O–H groups in total. The number of hydrogen-bond acceptors (Lipinski definition) is 7. The second-order valence-corrected chi connectivity index (χ2v) is 8.04. The lowest BCUT2D eigenvalue weighted by Crippen LogP contribution is -2.34. The van der Waals surface area contributed by atoms with Crippen molar-refractivity contribution in [3.05, 3.63) is 92.3 Å². The zero-order valence-electron chi connectivity index (χ0n) is 18.4. The molecule has 1 aliphatic carbocycles. The standard InChI is InChI=1S/C25H24N2O6/c1-15-22(25(29)33-14-16-6-12-19(32-2)13-7-16)23(17-8-10-18(11-9-17)27(30)31)24-20(26-15)4-3-5-21(24)28/h6-13,23,26H,3-5,14H2,1-2H3/t23-/m0/s1. The maximum Gasteiger partial charge on any atom is 0.337 e. The Labute approximate surface area is 191 Å². The molecule has 2 aromatic carbocycles. The molecule has 1 heterocycles. The average Bonchev–Trinajstić information content (AvgIpc) is 2.82. The first-order valence-electron chi connectivity index (χ1n) is 10.7.